The van der Waals surface area contributed by atoms with Crippen LogP contribution < -0.4 is 10.3 Å². The van der Waals surface area contributed by atoms with E-state index < -0.39 is 17.2 Å². The normalized spacial score (nSPS) is 10.5. The first kappa shape index (κ1) is 20.0. The van der Waals surface area contributed by atoms with E-state index in [-0.39, 0.29) is 29.8 Å². The molecule has 1 heterocycles. The Morgan fingerprint density at radius 2 is 2.00 bits per heavy atom. The van der Waals surface area contributed by atoms with Gasteiger partial charge in [-0.1, -0.05) is 32.1 Å². The molecular weight excluding hydrogens is 344 g/mol. The summed E-state index contributed by atoms with van der Waals surface area (Å²) in [5.74, 6) is -0.104. The number of aromatic nitrogens is 1. The Balaban J connectivity index is 2.33. The lowest BCUT2D eigenvalue weighted by atomic mass is 10.0. The standard InChI is InChI=1S/C21H22N2O4/c1-5-10-23-20(25)17(11-22)14(4)19(21(23)26)18(24)12-27-16-8-6-15(7-9-16)13(2)3/h5-9,13,26H,1,10,12H2,2-4H3. The number of aromatic hydroxyl groups is 1. The first-order valence-corrected chi connectivity index (χ1v) is 8.55. The fraction of sp³-hybridized carbons (Fsp3) is 0.286. The van der Waals surface area contributed by atoms with Gasteiger partial charge in [0.25, 0.3) is 5.56 Å². The average Bonchev–Trinajstić information content (AvgIpc) is 2.64. The number of nitrogens with zero attached hydrogens (tertiary/aromatic N) is 2. The van der Waals surface area contributed by atoms with Crippen molar-refractivity contribution in [1.29, 1.82) is 5.26 Å². The Morgan fingerprint density at radius 1 is 1.37 bits per heavy atom. The zero-order valence-corrected chi connectivity index (χ0v) is 15.7. The lowest BCUT2D eigenvalue weighted by Gasteiger charge is -2.15. The van der Waals surface area contributed by atoms with Gasteiger partial charge in [-0.15, -0.1) is 6.58 Å². The second kappa shape index (κ2) is 8.37. The van der Waals surface area contributed by atoms with E-state index in [1.165, 1.54) is 13.0 Å². The lowest BCUT2D eigenvalue weighted by molar-refractivity contribution is 0.0916. The first-order valence-electron chi connectivity index (χ1n) is 8.55. The van der Waals surface area contributed by atoms with Crippen LogP contribution in [0.15, 0.2) is 41.7 Å². The number of carbonyl (C=O) groups is 1. The van der Waals surface area contributed by atoms with Gasteiger partial charge in [0.2, 0.25) is 11.7 Å². The van der Waals surface area contributed by atoms with Crippen LogP contribution in [0.1, 0.15) is 46.8 Å². The molecule has 2 aromatic rings. The van der Waals surface area contributed by atoms with Crippen LogP contribution >= 0.6 is 0 Å². The zero-order chi connectivity index (χ0) is 20.1. The molecule has 0 saturated carbocycles. The predicted octanol–water partition coefficient (Wildman–Crippen LogP) is 3.31. The van der Waals surface area contributed by atoms with Crippen molar-refractivity contribution in [2.45, 2.75) is 33.2 Å². The topological polar surface area (TPSA) is 92.3 Å². The molecule has 1 aromatic heterocycles. The second-order valence-corrected chi connectivity index (χ2v) is 6.45. The highest BCUT2D eigenvalue weighted by Gasteiger charge is 2.23. The second-order valence-electron chi connectivity index (χ2n) is 6.45. The number of benzene rings is 1. The van der Waals surface area contributed by atoms with Crippen LogP contribution in [0, 0.1) is 18.3 Å². The third kappa shape index (κ3) is 4.09. The van der Waals surface area contributed by atoms with Crippen LogP contribution in [-0.2, 0) is 6.54 Å². The number of Topliss-reactive ketones (excluding diaryl/α,β-unsaturated/α-hetero) is 1. The summed E-state index contributed by atoms with van der Waals surface area (Å²) in [5, 5.41) is 19.7. The van der Waals surface area contributed by atoms with Gasteiger partial charge in [0, 0.05) is 6.54 Å². The minimum absolute atomic E-state index is 0.0164. The molecule has 0 aliphatic carbocycles. The van der Waals surface area contributed by atoms with Gasteiger partial charge in [-0.25, -0.2) is 0 Å². The van der Waals surface area contributed by atoms with Crippen molar-refractivity contribution in [2.75, 3.05) is 6.61 Å². The van der Waals surface area contributed by atoms with Crippen molar-refractivity contribution in [3.8, 4) is 17.7 Å². The number of rotatable bonds is 7. The van der Waals surface area contributed by atoms with E-state index in [0.717, 1.165) is 10.1 Å². The molecule has 0 radical (unpaired) electrons. The Kier molecular flexibility index (Phi) is 6.19. The van der Waals surface area contributed by atoms with E-state index in [4.69, 9.17) is 4.74 Å². The summed E-state index contributed by atoms with van der Waals surface area (Å²) in [6, 6.07) is 9.19. The summed E-state index contributed by atoms with van der Waals surface area (Å²) in [6.45, 7) is 8.80. The maximum atomic E-state index is 12.6. The van der Waals surface area contributed by atoms with Crippen molar-refractivity contribution < 1.29 is 14.6 Å². The number of pyridine rings is 1. The molecule has 27 heavy (non-hydrogen) atoms. The molecule has 0 atom stereocenters. The molecule has 1 aromatic carbocycles. The minimum Gasteiger partial charge on any atom is -0.494 e. The molecule has 6 nitrogen and oxygen atoms in total. The van der Waals surface area contributed by atoms with Crippen molar-refractivity contribution in [3.63, 3.8) is 0 Å². The van der Waals surface area contributed by atoms with E-state index in [0.29, 0.717) is 11.7 Å². The Hall–Kier alpha value is -3.33. The quantitative estimate of drug-likeness (QED) is 0.599. The van der Waals surface area contributed by atoms with Crippen molar-refractivity contribution in [3.05, 3.63) is 69.5 Å². The molecular formula is C21H22N2O4. The molecule has 1 N–H and O–H groups in total. The molecule has 2 rings (SSSR count). The molecule has 0 saturated heterocycles. The number of ketones is 1. The van der Waals surface area contributed by atoms with Crippen LogP contribution in [0.2, 0.25) is 0 Å². The van der Waals surface area contributed by atoms with Gasteiger partial charge in [-0.2, -0.15) is 5.26 Å². The maximum absolute atomic E-state index is 12.6. The Bertz CT molecular complexity index is 964. The molecule has 0 aliphatic rings. The monoisotopic (exact) mass is 366 g/mol. The van der Waals surface area contributed by atoms with Gasteiger partial charge >= 0.3 is 0 Å². The molecule has 0 aliphatic heterocycles. The third-order valence-electron chi connectivity index (χ3n) is 4.31. The molecule has 140 valence electrons. The molecule has 0 bridgehead atoms. The van der Waals surface area contributed by atoms with E-state index >= 15 is 0 Å². The Labute approximate surface area is 158 Å². The fourth-order valence-corrected chi connectivity index (χ4v) is 2.75. The van der Waals surface area contributed by atoms with Crippen LogP contribution in [0.25, 0.3) is 0 Å². The number of hydrogen-bond acceptors (Lipinski definition) is 5. The van der Waals surface area contributed by atoms with E-state index in [2.05, 4.69) is 20.4 Å². The summed E-state index contributed by atoms with van der Waals surface area (Å²) in [7, 11) is 0. The smallest absolute Gasteiger partial charge is 0.271 e. The molecule has 0 unspecified atom stereocenters. The fourth-order valence-electron chi connectivity index (χ4n) is 2.75. The van der Waals surface area contributed by atoms with Crippen LogP contribution in [0.5, 0.6) is 11.6 Å². The zero-order valence-electron chi connectivity index (χ0n) is 15.7. The highest BCUT2D eigenvalue weighted by Crippen LogP contribution is 2.23. The van der Waals surface area contributed by atoms with E-state index in [1.807, 2.05) is 12.1 Å². The van der Waals surface area contributed by atoms with Crippen molar-refractivity contribution in [1.82, 2.24) is 4.57 Å². The van der Waals surface area contributed by atoms with Crippen LogP contribution in [-0.4, -0.2) is 22.1 Å². The Morgan fingerprint density at radius 3 is 2.52 bits per heavy atom. The van der Waals surface area contributed by atoms with Gasteiger partial charge in [-0.05, 0) is 36.1 Å². The molecule has 6 heteroatoms. The third-order valence-corrected chi connectivity index (χ3v) is 4.31. The summed E-state index contributed by atoms with van der Waals surface area (Å²) in [5.41, 5.74) is 0.363. The van der Waals surface area contributed by atoms with Crippen LogP contribution in [0.3, 0.4) is 0 Å². The number of nitriles is 1. The molecule has 0 amide bonds. The van der Waals surface area contributed by atoms with Crippen molar-refractivity contribution in [2.24, 2.45) is 0 Å². The number of allylic oxidation sites excluding steroid dienone is 1. The first-order chi connectivity index (χ1) is 12.8. The summed E-state index contributed by atoms with van der Waals surface area (Å²) < 4.78 is 6.47. The van der Waals surface area contributed by atoms with E-state index in [9.17, 15) is 20.0 Å². The number of carbonyl (C=O) groups excluding carboxylic acids is 1. The SMILES string of the molecule is C=CCn1c(O)c(C(=O)COc2ccc(C(C)C)cc2)c(C)c(C#N)c1=O. The van der Waals surface area contributed by atoms with Gasteiger partial charge in [0.1, 0.15) is 17.4 Å². The van der Waals surface area contributed by atoms with Crippen LogP contribution in [0.4, 0.5) is 0 Å². The van der Waals surface area contributed by atoms with E-state index in [1.54, 1.807) is 18.2 Å². The summed E-state index contributed by atoms with van der Waals surface area (Å²) in [4.78, 5) is 24.9. The lowest BCUT2D eigenvalue weighted by Crippen LogP contribution is -2.27. The van der Waals surface area contributed by atoms with Crippen molar-refractivity contribution >= 4 is 5.78 Å². The molecule has 0 fully saturated rings. The largest absolute Gasteiger partial charge is 0.494 e. The number of hydrogen-bond donors (Lipinski definition) is 1. The maximum Gasteiger partial charge on any atom is 0.271 e. The number of ether oxygens (including phenoxy) is 1. The van der Waals surface area contributed by atoms with Gasteiger partial charge < -0.3 is 9.84 Å². The predicted molar refractivity (Wildman–Crippen MR) is 102 cm³/mol. The van der Waals surface area contributed by atoms with Gasteiger partial charge in [-0.3, -0.25) is 14.2 Å². The minimum atomic E-state index is -0.658. The van der Waals surface area contributed by atoms with Gasteiger partial charge in [0.15, 0.2) is 6.61 Å². The highest BCUT2D eigenvalue weighted by molar-refractivity contribution is 6.01. The average molecular weight is 366 g/mol. The highest BCUT2D eigenvalue weighted by atomic mass is 16.5. The van der Waals surface area contributed by atoms with Gasteiger partial charge in [0.05, 0.1) is 5.56 Å². The molecule has 0 spiro atoms. The summed E-state index contributed by atoms with van der Waals surface area (Å²) >= 11 is 0. The summed E-state index contributed by atoms with van der Waals surface area (Å²) in [6.07, 6.45) is 1.40.